The summed E-state index contributed by atoms with van der Waals surface area (Å²) in [6, 6.07) is 9.76. The summed E-state index contributed by atoms with van der Waals surface area (Å²) in [5.41, 5.74) is 1.43. The fraction of sp³-hybridized carbons (Fsp3) is 0.300. The van der Waals surface area contributed by atoms with Crippen molar-refractivity contribution in [2.75, 3.05) is 18.4 Å². The summed E-state index contributed by atoms with van der Waals surface area (Å²) in [4.78, 5) is 28.2. The van der Waals surface area contributed by atoms with E-state index in [1.807, 2.05) is 35.2 Å². The Morgan fingerprint density at radius 1 is 1.15 bits per heavy atom. The highest BCUT2D eigenvalue weighted by molar-refractivity contribution is 9.10. The van der Waals surface area contributed by atoms with Crippen LogP contribution in [-0.2, 0) is 0 Å². The first-order valence-electron chi connectivity index (χ1n) is 9.08. The molecule has 1 fully saturated rings. The summed E-state index contributed by atoms with van der Waals surface area (Å²) in [6.45, 7) is 1.39. The summed E-state index contributed by atoms with van der Waals surface area (Å²) in [7, 11) is 0. The van der Waals surface area contributed by atoms with Gasteiger partial charge in [0.25, 0.3) is 5.91 Å². The van der Waals surface area contributed by atoms with E-state index < -0.39 is 0 Å². The first-order valence-corrected chi connectivity index (χ1v) is 9.88. The largest absolute Gasteiger partial charge is 0.352 e. The molecule has 1 aliphatic rings. The number of carbonyl (C=O) groups is 1. The number of para-hydroxylation sites is 1. The van der Waals surface area contributed by atoms with Crippen LogP contribution >= 0.6 is 15.9 Å². The number of hydrogen-bond donors (Lipinski definition) is 1. The van der Waals surface area contributed by atoms with Crippen molar-refractivity contribution in [1.29, 1.82) is 0 Å². The van der Waals surface area contributed by atoms with Crippen molar-refractivity contribution in [3.63, 3.8) is 0 Å². The van der Waals surface area contributed by atoms with Crippen molar-refractivity contribution in [1.82, 2.24) is 19.9 Å². The number of aromatic nitrogens is 3. The maximum absolute atomic E-state index is 13.3. The summed E-state index contributed by atoms with van der Waals surface area (Å²) in [5.74, 6) is 0.616. The quantitative estimate of drug-likeness (QED) is 0.686. The molecule has 1 amide bonds. The number of pyridine rings is 1. The molecule has 0 bridgehead atoms. The third-order valence-electron chi connectivity index (χ3n) is 4.87. The van der Waals surface area contributed by atoms with Gasteiger partial charge in [-0.25, -0.2) is 9.97 Å². The maximum atomic E-state index is 13.3. The molecule has 1 aromatic carbocycles. The van der Waals surface area contributed by atoms with Gasteiger partial charge in [0.05, 0.1) is 15.6 Å². The molecule has 1 atom stereocenters. The molecule has 138 valence electrons. The molecule has 0 radical (unpaired) electrons. The molecule has 1 unspecified atom stereocenters. The van der Waals surface area contributed by atoms with Gasteiger partial charge in [-0.15, -0.1) is 0 Å². The molecule has 7 heteroatoms. The number of anilines is 1. The zero-order valence-electron chi connectivity index (χ0n) is 14.8. The van der Waals surface area contributed by atoms with Crippen LogP contribution in [-0.4, -0.2) is 44.9 Å². The van der Waals surface area contributed by atoms with E-state index in [0.717, 1.165) is 41.2 Å². The molecule has 27 heavy (non-hydrogen) atoms. The van der Waals surface area contributed by atoms with Crippen molar-refractivity contribution in [2.45, 2.75) is 25.3 Å². The van der Waals surface area contributed by atoms with Crippen LogP contribution in [0.1, 0.15) is 29.6 Å². The molecule has 4 rings (SSSR count). The van der Waals surface area contributed by atoms with Crippen LogP contribution in [0, 0.1) is 0 Å². The van der Waals surface area contributed by atoms with Crippen LogP contribution in [0.15, 0.2) is 53.4 Å². The number of carbonyl (C=O) groups excluding carboxylic acids is 1. The third-order valence-corrected chi connectivity index (χ3v) is 5.28. The Balaban J connectivity index is 1.54. The fourth-order valence-corrected chi connectivity index (χ4v) is 3.73. The SMILES string of the molecule is O=C(c1cccc2cccnc12)N1CCCCC1CNc1ncc(Br)cn1. The number of amides is 1. The Morgan fingerprint density at radius 2 is 1.96 bits per heavy atom. The highest BCUT2D eigenvalue weighted by Crippen LogP contribution is 2.23. The minimum Gasteiger partial charge on any atom is -0.352 e. The lowest BCUT2D eigenvalue weighted by Crippen LogP contribution is -2.47. The van der Waals surface area contributed by atoms with Crippen LogP contribution in [0.5, 0.6) is 0 Å². The first-order chi connectivity index (χ1) is 13.2. The number of halogens is 1. The fourth-order valence-electron chi connectivity index (χ4n) is 3.52. The van der Waals surface area contributed by atoms with Crippen LogP contribution in [0.3, 0.4) is 0 Å². The molecule has 0 saturated carbocycles. The number of fused-ring (bicyclic) bond motifs is 1. The lowest BCUT2D eigenvalue weighted by Gasteiger charge is -2.36. The topological polar surface area (TPSA) is 71.0 Å². The van der Waals surface area contributed by atoms with Gasteiger partial charge < -0.3 is 10.2 Å². The number of piperidine rings is 1. The smallest absolute Gasteiger partial charge is 0.256 e. The molecule has 0 spiro atoms. The number of hydrogen-bond acceptors (Lipinski definition) is 5. The number of benzene rings is 1. The van der Waals surface area contributed by atoms with Gasteiger partial charge in [-0.2, -0.15) is 0 Å². The second-order valence-electron chi connectivity index (χ2n) is 6.63. The monoisotopic (exact) mass is 425 g/mol. The van der Waals surface area contributed by atoms with E-state index in [4.69, 9.17) is 0 Å². The molecule has 0 aliphatic carbocycles. The number of rotatable bonds is 4. The second kappa shape index (κ2) is 8.00. The standard InChI is InChI=1S/C20H20BrN5O/c21-15-11-23-20(24-12-15)25-13-16-7-1-2-10-26(16)19(27)17-8-3-5-14-6-4-9-22-18(14)17/h3-6,8-9,11-12,16H,1-2,7,10,13H2,(H,23,24,25). The van der Waals surface area contributed by atoms with Gasteiger partial charge in [0.2, 0.25) is 5.95 Å². The summed E-state index contributed by atoms with van der Waals surface area (Å²) in [5, 5.41) is 4.25. The zero-order valence-corrected chi connectivity index (χ0v) is 16.4. The normalized spacial score (nSPS) is 17.1. The van der Waals surface area contributed by atoms with Crippen LogP contribution < -0.4 is 5.32 Å². The van der Waals surface area contributed by atoms with Gasteiger partial charge in [0.1, 0.15) is 0 Å². The molecule has 6 nitrogen and oxygen atoms in total. The van der Waals surface area contributed by atoms with Crippen LogP contribution in [0.4, 0.5) is 5.95 Å². The van der Waals surface area contributed by atoms with E-state index in [0.29, 0.717) is 18.1 Å². The van der Waals surface area contributed by atoms with E-state index in [2.05, 4.69) is 36.2 Å². The Bertz CT molecular complexity index is 941. The molecule has 1 aliphatic heterocycles. The predicted molar refractivity (Wildman–Crippen MR) is 109 cm³/mol. The van der Waals surface area contributed by atoms with Crippen molar-refractivity contribution in [3.8, 4) is 0 Å². The Morgan fingerprint density at radius 3 is 2.81 bits per heavy atom. The minimum absolute atomic E-state index is 0.0440. The van der Waals surface area contributed by atoms with Gasteiger partial charge in [0.15, 0.2) is 0 Å². The van der Waals surface area contributed by atoms with Gasteiger partial charge >= 0.3 is 0 Å². The highest BCUT2D eigenvalue weighted by Gasteiger charge is 2.28. The minimum atomic E-state index is 0.0440. The van der Waals surface area contributed by atoms with Crippen molar-refractivity contribution < 1.29 is 4.79 Å². The average molecular weight is 426 g/mol. The summed E-state index contributed by atoms with van der Waals surface area (Å²) < 4.78 is 0.839. The van der Waals surface area contributed by atoms with Gasteiger partial charge in [-0.05, 0) is 47.3 Å². The van der Waals surface area contributed by atoms with E-state index in [9.17, 15) is 4.79 Å². The van der Waals surface area contributed by atoms with E-state index in [1.165, 1.54) is 0 Å². The number of nitrogens with one attached hydrogen (secondary N) is 1. The molecular weight excluding hydrogens is 406 g/mol. The number of nitrogens with zero attached hydrogens (tertiary/aromatic N) is 4. The molecule has 1 N–H and O–H groups in total. The van der Waals surface area contributed by atoms with Crippen molar-refractivity contribution >= 4 is 38.7 Å². The molecule has 1 saturated heterocycles. The molecule has 2 aromatic heterocycles. The summed E-state index contributed by atoms with van der Waals surface area (Å²) in [6.07, 6.45) is 8.26. The van der Waals surface area contributed by atoms with Gasteiger partial charge in [0, 0.05) is 43.1 Å². The predicted octanol–water partition coefficient (Wildman–Crippen LogP) is 3.89. The lowest BCUT2D eigenvalue weighted by atomic mass is 10.00. The maximum Gasteiger partial charge on any atom is 0.256 e. The van der Waals surface area contributed by atoms with Gasteiger partial charge in [-0.1, -0.05) is 18.2 Å². The van der Waals surface area contributed by atoms with Crippen molar-refractivity contribution in [2.24, 2.45) is 0 Å². The third kappa shape index (κ3) is 3.93. The van der Waals surface area contributed by atoms with Crippen LogP contribution in [0.2, 0.25) is 0 Å². The highest BCUT2D eigenvalue weighted by atomic mass is 79.9. The van der Waals surface area contributed by atoms with E-state index >= 15 is 0 Å². The van der Waals surface area contributed by atoms with Gasteiger partial charge in [-0.3, -0.25) is 9.78 Å². The Labute approximate surface area is 166 Å². The molecule has 3 heterocycles. The average Bonchev–Trinajstić information content (AvgIpc) is 2.73. The van der Waals surface area contributed by atoms with E-state index in [-0.39, 0.29) is 11.9 Å². The summed E-state index contributed by atoms with van der Waals surface area (Å²) >= 11 is 3.34. The lowest BCUT2D eigenvalue weighted by molar-refractivity contribution is 0.0630. The Hall–Kier alpha value is -2.54. The van der Waals surface area contributed by atoms with Crippen molar-refractivity contribution in [3.05, 3.63) is 59.0 Å². The van der Waals surface area contributed by atoms with E-state index in [1.54, 1.807) is 18.6 Å². The molecule has 3 aromatic rings. The second-order valence-corrected chi connectivity index (χ2v) is 7.55. The van der Waals surface area contributed by atoms with Crippen LogP contribution in [0.25, 0.3) is 10.9 Å². The molecular formula is C20H20BrN5O. The first kappa shape index (κ1) is 17.9. The Kier molecular flexibility index (Phi) is 5.29. The number of likely N-dealkylation sites (tertiary alicyclic amines) is 1. The zero-order chi connectivity index (χ0) is 18.6.